The minimum Gasteiger partial charge on any atom is -0.481 e. The summed E-state index contributed by atoms with van der Waals surface area (Å²) in [7, 11) is -3.03. The van der Waals surface area contributed by atoms with Crippen molar-refractivity contribution in [2.24, 2.45) is 5.92 Å². The summed E-state index contributed by atoms with van der Waals surface area (Å²) < 4.78 is 23.0. The Hall–Kier alpha value is -0.880. The molecule has 6 heteroatoms. The van der Waals surface area contributed by atoms with Crippen LogP contribution < -0.4 is 0 Å². The molecule has 0 aliphatic carbocycles. The van der Waals surface area contributed by atoms with Gasteiger partial charge in [0.1, 0.15) is 9.84 Å². The van der Waals surface area contributed by atoms with Crippen molar-refractivity contribution in [3.63, 3.8) is 0 Å². The van der Waals surface area contributed by atoms with Crippen molar-refractivity contribution in [3.05, 3.63) is 34.3 Å². The summed E-state index contributed by atoms with van der Waals surface area (Å²) in [5, 5.41) is 9.19. The van der Waals surface area contributed by atoms with E-state index >= 15 is 0 Å². The molecule has 0 spiro atoms. The highest BCUT2D eigenvalue weighted by molar-refractivity contribution is 9.10. The second kappa shape index (κ2) is 7.05. The van der Waals surface area contributed by atoms with E-state index in [0.29, 0.717) is 19.3 Å². The zero-order valence-corrected chi connectivity index (χ0v) is 13.1. The Morgan fingerprint density at radius 3 is 2.53 bits per heavy atom. The van der Waals surface area contributed by atoms with Crippen LogP contribution in [-0.4, -0.2) is 31.5 Å². The normalized spacial score (nSPS) is 13.2. The number of benzene rings is 1. The summed E-state index contributed by atoms with van der Waals surface area (Å²) in [5.41, 5.74) is 0.925. The van der Waals surface area contributed by atoms with Crippen LogP contribution >= 0.6 is 15.9 Å². The van der Waals surface area contributed by atoms with E-state index < -0.39 is 21.7 Å². The summed E-state index contributed by atoms with van der Waals surface area (Å²) in [4.78, 5) is 11.2. The van der Waals surface area contributed by atoms with E-state index in [4.69, 9.17) is 0 Å². The molecule has 0 amide bonds. The Morgan fingerprint density at radius 2 is 2.00 bits per heavy atom. The second-order valence-corrected chi connectivity index (χ2v) is 7.72. The van der Waals surface area contributed by atoms with Crippen molar-refractivity contribution >= 4 is 31.7 Å². The van der Waals surface area contributed by atoms with E-state index in [0.717, 1.165) is 16.3 Å². The molecular formula is C13H17BrO4S. The number of aliphatic carboxylic acids is 1. The van der Waals surface area contributed by atoms with Gasteiger partial charge in [-0.25, -0.2) is 8.42 Å². The Morgan fingerprint density at radius 1 is 1.37 bits per heavy atom. The first-order valence-corrected chi connectivity index (χ1v) is 8.79. The molecule has 1 N–H and O–H groups in total. The Labute approximate surface area is 121 Å². The quantitative estimate of drug-likeness (QED) is 0.821. The number of carboxylic acids is 1. The van der Waals surface area contributed by atoms with E-state index in [-0.39, 0.29) is 5.75 Å². The van der Waals surface area contributed by atoms with E-state index in [1.807, 2.05) is 24.3 Å². The Bertz CT molecular complexity index is 539. The molecule has 1 atom stereocenters. The Kier molecular flexibility index (Phi) is 6.00. The number of carboxylic acid groups (broad SMARTS) is 1. The van der Waals surface area contributed by atoms with Crippen LogP contribution in [0, 0.1) is 5.92 Å². The average molecular weight is 349 g/mol. The molecule has 0 radical (unpaired) electrons. The molecule has 1 aromatic rings. The van der Waals surface area contributed by atoms with E-state index in [1.165, 1.54) is 0 Å². The molecule has 1 aromatic carbocycles. The lowest BCUT2D eigenvalue weighted by Gasteiger charge is -2.13. The maximum atomic E-state index is 11.2. The number of hydrogen-bond acceptors (Lipinski definition) is 3. The molecule has 1 unspecified atom stereocenters. The molecule has 0 aromatic heterocycles. The molecule has 4 nitrogen and oxygen atoms in total. The zero-order chi connectivity index (χ0) is 14.5. The molecule has 19 heavy (non-hydrogen) atoms. The lowest BCUT2D eigenvalue weighted by molar-refractivity contribution is -0.141. The highest BCUT2D eigenvalue weighted by Gasteiger charge is 2.19. The highest BCUT2D eigenvalue weighted by atomic mass is 79.9. The van der Waals surface area contributed by atoms with Gasteiger partial charge >= 0.3 is 5.97 Å². The first kappa shape index (κ1) is 16.2. The maximum absolute atomic E-state index is 11.2. The fourth-order valence-corrected chi connectivity index (χ4v) is 2.97. The molecule has 106 valence electrons. The third kappa shape index (κ3) is 6.20. The van der Waals surface area contributed by atoms with Gasteiger partial charge in [0.2, 0.25) is 0 Å². The first-order valence-electron chi connectivity index (χ1n) is 5.93. The van der Waals surface area contributed by atoms with Crippen molar-refractivity contribution < 1.29 is 18.3 Å². The van der Waals surface area contributed by atoms with Gasteiger partial charge in [-0.05, 0) is 30.9 Å². The monoisotopic (exact) mass is 348 g/mol. The number of sulfone groups is 1. The van der Waals surface area contributed by atoms with Gasteiger partial charge in [-0.1, -0.05) is 34.1 Å². The van der Waals surface area contributed by atoms with Gasteiger partial charge in [-0.15, -0.1) is 0 Å². The third-order valence-corrected chi connectivity index (χ3v) is 4.64. The fourth-order valence-electron chi connectivity index (χ4n) is 1.83. The number of halogens is 1. The SMILES string of the molecule is CS(=O)(=O)CCCC(Cc1ccccc1Br)C(=O)O. The first-order chi connectivity index (χ1) is 8.79. The second-order valence-electron chi connectivity index (χ2n) is 4.60. The molecular weight excluding hydrogens is 332 g/mol. The van der Waals surface area contributed by atoms with Gasteiger partial charge in [-0.3, -0.25) is 4.79 Å². The van der Waals surface area contributed by atoms with Crippen LogP contribution in [0.25, 0.3) is 0 Å². The van der Waals surface area contributed by atoms with Crippen LogP contribution in [0.4, 0.5) is 0 Å². The topological polar surface area (TPSA) is 71.4 Å². The van der Waals surface area contributed by atoms with Gasteiger partial charge in [0.05, 0.1) is 5.92 Å². The molecule has 0 saturated heterocycles. The van der Waals surface area contributed by atoms with E-state index in [9.17, 15) is 18.3 Å². The van der Waals surface area contributed by atoms with Crippen molar-refractivity contribution in [1.82, 2.24) is 0 Å². The molecule has 0 aliphatic rings. The van der Waals surface area contributed by atoms with E-state index in [2.05, 4.69) is 15.9 Å². The van der Waals surface area contributed by atoms with Crippen molar-refractivity contribution in [2.75, 3.05) is 12.0 Å². The number of rotatable bonds is 7. The summed E-state index contributed by atoms with van der Waals surface area (Å²) in [6.45, 7) is 0. The minimum atomic E-state index is -3.03. The Balaban J connectivity index is 2.64. The summed E-state index contributed by atoms with van der Waals surface area (Å²) in [5.74, 6) is -1.41. The van der Waals surface area contributed by atoms with Crippen molar-refractivity contribution in [2.45, 2.75) is 19.3 Å². The lowest BCUT2D eigenvalue weighted by Crippen LogP contribution is -2.18. The van der Waals surface area contributed by atoms with Gasteiger partial charge in [-0.2, -0.15) is 0 Å². The number of hydrogen-bond donors (Lipinski definition) is 1. The van der Waals surface area contributed by atoms with Crippen LogP contribution in [0.1, 0.15) is 18.4 Å². The van der Waals surface area contributed by atoms with E-state index in [1.54, 1.807) is 0 Å². The molecule has 0 heterocycles. The van der Waals surface area contributed by atoms with Gasteiger partial charge in [0.25, 0.3) is 0 Å². The third-order valence-electron chi connectivity index (χ3n) is 2.84. The molecule has 0 fully saturated rings. The molecule has 0 bridgehead atoms. The summed E-state index contributed by atoms with van der Waals surface area (Å²) >= 11 is 3.39. The largest absolute Gasteiger partial charge is 0.481 e. The predicted molar refractivity (Wildman–Crippen MR) is 77.9 cm³/mol. The van der Waals surface area contributed by atoms with Gasteiger partial charge in [0.15, 0.2) is 0 Å². The maximum Gasteiger partial charge on any atom is 0.306 e. The average Bonchev–Trinajstić information content (AvgIpc) is 2.28. The standard InChI is InChI=1S/C13H17BrO4S/c1-19(17,18)8-4-6-11(13(15)16)9-10-5-2-3-7-12(10)14/h2-3,5,7,11H,4,6,8-9H2,1H3,(H,15,16). The lowest BCUT2D eigenvalue weighted by atomic mass is 9.95. The molecule has 0 aliphatic heterocycles. The van der Waals surface area contributed by atoms with Crippen LogP contribution in [0.5, 0.6) is 0 Å². The summed E-state index contributed by atoms with van der Waals surface area (Å²) in [6, 6.07) is 7.46. The number of carbonyl (C=O) groups is 1. The predicted octanol–water partition coefficient (Wildman–Crippen LogP) is 2.52. The zero-order valence-electron chi connectivity index (χ0n) is 10.7. The molecule has 0 saturated carbocycles. The van der Waals surface area contributed by atoms with Crippen molar-refractivity contribution in [1.29, 1.82) is 0 Å². The van der Waals surface area contributed by atoms with Gasteiger partial charge in [0, 0.05) is 16.5 Å². The van der Waals surface area contributed by atoms with Crippen LogP contribution in [0.3, 0.4) is 0 Å². The van der Waals surface area contributed by atoms with Crippen LogP contribution in [0.2, 0.25) is 0 Å². The fraction of sp³-hybridized carbons (Fsp3) is 0.462. The smallest absolute Gasteiger partial charge is 0.306 e. The highest BCUT2D eigenvalue weighted by Crippen LogP contribution is 2.22. The van der Waals surface area contributed by atoms with Crippen LogP contribution in [-0.2, 0) is 21.1 Å². The van der Waals surface area contributed by atoms with Gasteiger partial charge < -0.3 is 5.11 Å². The minimum absolute atomic E-state index is 0.0345. The van der Waals surface area contributed by atoms with Crippen molar-refractivity contribution in [3.8, 4) is 0 Å². The van der Waals surface area contributed by atoms with Crippen LogP contribution in [0.15, 0.2) is 28.7 Å². The molecule has 1 rings (SSSR count). The summed E-state index contributed by atoms with van der Waals surface area (Å²) in [6.07, 6.45) is 2.31.